The number of hydrogen-bond donors (Lipinski definition) is 1. The maximum Gasteiger partial charge on any atom is 0.357 e. The predicted molar refractivity (Wildman–Crippen MR) is 125 cm³/mol. The van der Waals surface area contributed by atoms with Gasteiger partial charge in [-0.15, -0.1) is 5.10 Å². The Morgan fingerprint density at radius 3 is 2.52 bits per heavy atom. The number of nitrogens with zero attached hydrogens (tertiary/aromatic N) is 4. The smallest absolute Gasteiger partial charge is 0.357 e. The first-order valence-corrected chi connectivity index (χ1v) is 10.5. The van der Waals surface area contributed by atoms with Crippen molar-refractivity contribution in [3.8, 4) is 0 Å². The third-order valence-electron chi connectivity index (χ3n) is 5.17. The van der Waals surface area contributed by atoms with Crippen molar-refractivity contribution in [2.24, 2.45) is 0 Å². The van der Waals surface area contributed by atoms with Gasteiger partial charge >= 0.3 is 5.97 Å². The molecule has 0 radical (unpaired) electrons. The van der Waals surface area contributed by atoms with E-state index in [9.17, 15) is 9.59 Å². The molecule has 0 fully saturated rings. The minimum absolute atomic E-state index is 0.110. The van der Waals surface area contributed by atoms with Gasteiger partial charge in [0.15, 0.2) is 18.1 Å². The van der Waals surface area contributed by atoms with Crippen LogP contribution in [0.15, 0.2) is 72.8 Å². The van der Waals surface area contributed by atoms with Gasteiger partial charge < -0.3 is 10.1 Å². The van der Waals surface area contributed by atoms with Gasteiger partial charge in [0.05, 0.1) is 6.04 Å². The first-order valence-electron chi connectivity index (χ1n) is 10.5. The molecule has 0 saturated carbocycles. The van der Waals surface area contributed by atoms with E-state index in [1.54, 1.807) is 13.0 Å². The number of benzene rings is 3. The van der Waals surface area contributed by atoms with Crippen LogP contribution in [0.3, 0.4) is 0 Å². The standard InChI is InChI=1S/C25H23N5O3/c1-17(21-14-8-12-20-11-6-7-13-22(20)21)26-24(31)16-33-25(32)23(30-18(2)27-28-29-30)15-19-9-4-3-5-10-19/h3-15,17H,16H2,1-2H3,(H,26,31)/b23-15-. The fourth-order valence-corrected chi connectivity index (χ4v) is 3.56. The van der Waals surface area contributed by atoms with Crippen LogP contribution in [0.4, 0.5) is 0 Å². The Kier molecular flexibility index (Phi) is 6.54. The molecule has 166 valence electrons. The second-order valence-electron chi connectivity index (χ2n) is 7.51. The van der Waals surface area contributed by atoms with Gasteiger partial charge in [-0.05, 0) is 52.2 Å². The second kappa shape index (κ2) is 9.86. The molecule has 1 aromatic heterocycles. The molecule has 1 heterocycles. The molecule has 0 aliphatic rings. The molecule has 0 aliphatic heterocycles. The molecular weight excluding hydrogens is 418 g/mol. The van der Waals surface area contributed by atoms with Gasteiger partial charge in [-0.25, -0.2) is 4.79 Å². The van der Waals surface area contributed by atoms with E-state index in [-0.39, 0.29) is 11.7 Å². The number of aryl methyl sites for hydroxylation is 1. The number of ether oxygens (including phenoxy) is 1. The first-order chi connectivity index (χ1) is 16.0. The molecule has 1 amide bonds. The van der Waals surface area contributed by atoms with Crippen LogP contribution in [0, 0.1) is 6.92 Å². The number of amides is 1. The third kappa shape index (κ3) is 5.12. The summed E-state index contributed by atoms with van der Waals surface area (Å²) in [5.74, 6) is -0.693. The van der Waals surface area contributed by atoms with Crippen molar-refractivity contribution >= 4 is 34.4 Å². The molecule has 4 aromatic rings. The Morgan fingerprint density at radius 1 is 1.03 bits per heavy atom. The van der Waals surface area contributed by atoms with Gasteiger partial charge in [0.1, 0.15) is 0 Å². The highest BCUT2D eigenvalue weighted by atomic mass is 16.5. The first kappa shape index (κ1) is 21.9. The Labute approximate surface area is 190 Å². The summed E-state index contributed by atoms with van der Waals surface area (Å²) in [5.41, 5.74) is 1.87. The number of carbonyl (C=O) groups is 2. The fourth-order valence-electron chi connectivity index (χ4n) is 3.56. The van der Waals surface area contributed by atoms with Crippen molar-refractivity contribution in [1.82, 2.24) is 25.5 Å². The number of carbonyl (C=O) groups excluding carboxylic acids is 2. The fraction of sp³-hybridized carbons (Fsp3) is 0.160. The van der Waals surface area contributed by atoms with Crippen LogP contribution in [0.25, 0.3) is 22.5 Å². The predicted octanol–water partition coefficient (Wildman–Crippen LogP) is 3.55. The van der Waals surface area contributed by atoms with Gasteiger partial charge in [-0.1, -0.05) is 72.8 Å². The highest BCUT2D eigenvalue weighted by Gasteiger charge is 2.20. The normalized spacial score (nSPS) is 12.4. The van der Waals surface area contributed by atoms with Crippen LogP contribution in [0.5, 0.6) is 0 Å². The Bertz CT molecular complexity index is 1310. The molecule has 8 heteroatoms. The summed E-state index contributed by atoms with van der Waals surface area (Å²) < 4.78 is 6.59. The average Bonchev–Trinajstić information content (AvgIpc) is 3.26. The molecule has 3 aromatic carbocycles. The molecule has 0 saturated heterocycles. The van der Waals surface area contributed by atoms with Crippen LogP contribution in [-0.4, -0.2) is 38.7 Å². The summed E-state index contributed by atoms with van der Waals surface area (Å²) in [4.78, 5) is 25.4. The minimum Gasteiger partial charge on any atom is -0.451 e. The molecular formula is C25H23N5O3. The Morgan fingerprint density at radius 2 is 1.76 bits per heavy atom. The maximum atomic E-state index is 12.8. The number of esters is 1. The molecule has 0 aliphatic carbocycles. The van der Waals surface area contributed by atoms with Crippen molar-refractivity contribution in [3.63, 3.8) is 0 Å². The van der Waals surface area contributed by atoms with Crippen molar-refractivity contribution in [2.45, 2.75) is 19.9 Å². The van der Waals surface area contributed by atoms with Crippen molar-refractivity contribution in [3.05, 3.63) is 89.7 Å². The second-order valence-corrected chi connectivity index (χ2v) is 7.51. The SMILES string of the molecule is Cc1nnnn1/C(=C\c1ccccc1)C(=O)OCC(=O)NC(C)c1cccc2ccccc12. The van der Waals surface area contributed by atoms with Crippen LogP contribution >= 0.6 is 0 Å². The molecule has 33 heavy (non-hydrogen) atoms. The minimum atomic E-state index is -0.706. The van der Waals surface area contributed by atoms with Gasteiger partial charge in [-0.2, -0.15) is 4.68 Å². The number of fused-ring (bicyclic) bond motifs is 1. The van der Waals surface area contributed by atoms with E-state index in [0.29, 0.717) is 5.82 Å². The Hall–Kier alpha value is -4.33. The summed E-state index contributed by atoms with van der Waals surface area (Å²) in [5, 5.41) is 16.3. The van der Waals surface area contributed by atoms with E-state index in [1.807, 2.05) is 79.7 Å². The number of tetrazole rings is 1. The van der Waals surface area contributed by atoms with Crippen LogP contribution in [0.1, 0.15) is 29.9 Å². The van der Waals surface area contributed by atoms with Gasteiger partial charge in [0.25, 0.3) is 5.91 Å². The lowest BCUT2D eigenvalue weighted by Gasteiger charge is -2.17. The topological polar surface area (TPSA) is 99.0 Å². The molecule has 0 spiro atoms. The molecule has 0 bridgehead atoms. The summed E-state index contributed by atoms with van der Waals surface area (Å²) in [6.45, 7) is 3.14. The summed E-state index contributed by atoms with van der Waals surface area (Å²) >= 11 is 0. The highest BCUT2D eigenvalue weighted by Crippen LogP contribution is 2.24. The van der Waals surface area contributed by atoms with E-state index in [2.05, 4.69) is 20.8 Å². The highest BCUT2D eigenvalue weighted by molar-refractivity contribution is 6.15. The van der Waals surface area contributed by atoms with Gasteiger partial charge in [0.2, 0.25) is 0 Å². The number of nitrogens with one attached hydrogen (secondary N) is 1. The zero-order valence-electron chi connectivity index (χ0n) is 18.3. The third-order valence-corrected chi connectivity index (χ3v) is 5.17. The maximum absolute atomic E-state index is 12.8. The molecule has 8 nitrogen and oxygen atoms in total. The zero-order valence-corrected chi connectivity index (χ0v) is 18.3. The lowest BCUT2D eigenvalue weighted by atomic mass is 10.00. The lowest BCUT2D eigenvalue weighted by molar-refractivity contribution is -0.143. The summed E-state index contributed by atoms with van der Waals surface area (Å²) in [6.07, 6.45) is 1.61. The van der Waals surface area contributed by atoms with Gasteiger partial charge in [-0.3, -0.25) is 4.79 Å². The quantitative estimate of drug-likeness (QED) is 0.348. The molecule has 4 rings (SSSR count). The van der Waals surface area contributed by atoms with E-state index in [0.717, 1.165) is 21.9 Å². The molecule has 1 unspecified atom stereocenters. The number of aromatic nitrogens is 4. The van der Waals surface area contributed by atoms with Crippen molar-refractivity contribution in [1.29, 1.82) is 0 Å². The molecule has 1 N–H and O–H groups in total. The monoisotopic (exact) mass is 441 g/mol. The largest absolute Gasteiger partial charge is 0.451 e. The van der Waals surface area contributed by atoms with Crippen LogP contribution in [0.2, 0.25) is 0 Å². The summed E-state index contributed by atoms with van der Waals surface area (Å²) in [6, 6.07) is 22.9. The van der Waals surface area contributed by atoms with E-state index in [1.165, 1.54) is 4.68 Å². The van der Waals surface area contributed by atoms with Crippen molar-refractivity contribution in [2.75, 3.05) is 6.61 Å². The number of hydrogen-bond acceptors (Lipinski definition) is 6. The van der Waals surface area contributed by atoms with E-state index < -0.39 is 18.5 Å². The number of rotatable bonds is 7. The summed E-state index contributed by atoms with van der Waals surface area (Å²) in [7, 11) is 0. The van der Waals surface area contributed by atoms with Crippen molar-refractivity contribution < 1.29 is 14.3 Å². The van der Waals surface area contributed by atoms with Gasteiger partial charge in [0, 0.05) is 0 Å². The molecule has 1 atom stereocenters. The lowest BCUT2D eigenvalue weighted by Crippen LogP contribution is -2.31. The Balaban J connectivity index is 1.45. The zero-order chi connectivity index (χ0) is 23.2. The average molecular weight is 441 g/mol. The van der Waals surface area contributed by atoms with Crippen LogP contribution in [-0.2, 0) is 14.3 Å². The van der Waals surface area contributed by atoms with E-state index >= 15 is 0 Å². The van der Waals surface area contributed by atoms with E-state index in [4.69, 9.17) is 4.74 Å². The van der Waals surface area contributed by atoms with Crippen LogP contribution < -0.4 is 5.32 Å².